The molecule has 0 fully saturated rings. The van der Waals surface area contributed by atoms with Crippen molar-refractivity contribution >= 4 is 0 Å². The highest BCUT2D eigenvalue weighted by Crippen LogP contribution is 2.14. The van der Waals surface area contributed by atoms with Gasteiger partial charge in [0.1, 0.15) is 5.75 Å². The number of imidazole rings is 1. The first-order chi connectivity index (χ1) is 11.9. The van der Waals surface area contributed by atoms with E-state index in [4.69, 9.17) is 4.74 Å². The van der Waals surface area contributed by atoms with Crippen LogP contribution < -0.4 is 10.1 Å². The fourth-order valence-electron chi connectivity index (χ4n) is 2.68. The first-order valence-electron chi connectivity index (χ1n) is 9.26. The summed E-state index contributed by atoms with van der Waals surface area (Å²) in [6.45, 7) is 5.96. The van der Waals surface area contributed by atoms with E-state index >= 15 is 0 Å². The summed E-state index contributed by atoms with van der Waals surface area (Å²) in [7, 11) is 0. The number of aromatic nitrogens is 2. The molecule has 0 bridgehead atoms. The maximum atomic E-state index is 5.87. The van der Waals surface area contributed by atoms with Gasteiger partial charge in [0.05, 0.1) is 12.9 Å². The lowest BCUT2D eigenvalue weighted by Gasteiger charge is -2.09. The molecule has 0 aliphatic heterocycles. The van der Waals surface area contributed by atoms with Crippen LogP contribution in [0.3, 0.4) is 0 Å². The number of rotatable bonds is 13. The molecule has 4 heteroatoms. The van der Waals surface area contributed by atoms with Gasteiger partial charge in [-0.2, -0.15) is 0 Å². The molecule has 0 saturated heterocycles. The third-order valence-corrected chi connectivity index (χ3v) is 4.07. The Morgan fingerprint density at radius 1 is 1.12 bits per heavy atom. The van der Waals surface area contributed by atoms with Crippen LogP contribution in [0, 0.1) is 0 Å². The SMILES string of the molecule is CCCCCCCOc1cccc(CNCCCn2ccnc2)c1. The molecule has 0 aliphatic carbocycles. The number of benzene rings is 1. The molecule has 132 valence electrons. The zero-order valence-corrected chi connectivity index (χ0v) is 14.9. The van der Waals surface area contributed by atoms with Gasteiger partial charge >= 0.3 is 0 Å². The number of unbranched alkanes of at least 4 members (excludes halogenated alkanes) is 4. The Morgan fingerprint density at radius 2 is 2.04 bits per heavy atom. The van der Waals surface area contributed by atoms with Gasteiger partial charge in [-0.15, -0.1) is 0 Å². The summed E-state index contributed by atoms with van der Waals surface area (Å²) < 4.78 is 7.97. The molecule has 1 heterocycles. The van der Waals surface area contributed by atoms with E-state index in [2.05, 4.69) is 46.1 Å². The maximum Gasteiger partial charge on any atom is 0.119 e. The fraction of sp³-hybridized carbons (Fsp3) is 0.550. The molecule has 0 atom stereocenters. The van der Waals surface area contributed by atoms with Crippen LogP contribution in [-0.2, 0) is 13.1 Å². The van der Waals surface area contributed by atoms with Crippen molar-refractivity contribution in [3.8, 4) is 5.75 Å². The highest BCUT2D eigenvalue weighted by atomic mass is 16.5. The van der Waals surface area contributed by atoms with Crippen molar-refractivity contribution in [2.75, 3.05) is 13.2 Å². The molecule has 0 saturated carbocycles. The lowest BCUT2D eigenvalue weighted by Crippen LogP contribution is -2.16. The molecule has 0 unspecified atom stereocenters. The fourth-order valence-corrected chi connectivity index (χ4v) is 2.68. The summed E-state index contributed by atoms with van der Waals surface area (Å²) in [5.41, 5.74) is 1.28. The molecule has 1 aromatic carbocycles. The highest BCUT2D eigenvalue weighted by molar-refractivity contribution is 5.28. The summed E-state index contributed by atoms with van der Waals surface area (Å²) in [6.07, 6.45) is 13.2. The molecule has 4 nitrogen and oxygen atoms in total. The van der Waals surface area contributed by atoms with E-state index in [9.17, 15) is 0 Å². The van der Waals surface area contributed by atoms with Crippen LogP contribution in [0.1, 0.15) is 51.0 Å². The summed E-state index contributed by atoms with van der Waals surface area (Å²) in [5.74, 6) is 0.989. The second-order valence-electron chi connectivity index (χ2n) is 6.24. The minimum absolute atomic E-state index is 0.825. The van der Waals surface area contributed by atoms with Crippen LogP contribution in [-0.4, -0.2) is 22.7 Å². The molecule has 1 N–H and O–H groups in total. The second-order valence-corrected chi connectivity index (χ2v) is 6.24. The van der Waals surface area contributed by atoms with Gasteiger partial charge in [0.15, 0.2) is 0 Å². The standard InChI is InChI=1S/C20H31N3O/c1-2-3-4-5-6-15-24-20-10-7-9-19(16-20)17-21-11-8-13-23-14-12-22-18-23/h7,9-10,12,14,16,18,21H,2-6,8,11,13,15,17H2,1H3. The number of hydrogen-bond donors (Lipinski definition) is 1. The molecule has 0 spiro atoms. The predicted molar refractivity (Wildman–Crippen MR) is 99.2 cm³/mol. The summed E-state index contributed by atoms with van der Waals surface area (Å²) >= 11 is 0. The first kappa shape index (κ1) is 18.5. The number of ether oxygens (including phenoxy) is 1. The van der Waals surface area contributed by atoms with Gasteiger partial charge in [-0.1, -0.05) is 44.7 Å². The normalized spacial score (nSPS) is 10.9. The second kappa shape index (κ2) is 11.7. The molecule has 0 radical (unpaired) electrons. The van der Waals surface area contributed by atoms with Crippen LogP contribution in [0.4, 0.5) is 0 Å². The smallest absolute Gasteiger partial charge is 0.119 e. The minimum atomic E-state index is 0.825. The summed E-state index contributed by atoms with van der Waals surface area (Å²) in [4.78, 5) is 4.05. The summed E-state index contributed by atoms with van der Waals surface area (Å²) in [6, 6.07) is 8.43. The van der Waals surface area contributed by atoms with E-state index in [1.165, 1.54) is 31.2 Å². The molecule has 2 aromatic rings. The van der Waals surface area contributed by atoms with E-state index in [-0.39, 0.29) is 0 Å². The quantitative estimate of drug-likeness (QED) is 0.553. The molecule has 24 heavy (non-hydrogen) atoms. The van der Waals surface area contributed by atoms with E-state index < -0.39 is 0 Å². The Balaban J connectivity index is 1.57. The van der Waals surface area contributed by atoms with Crippen molar-refractivity contribution in [3.05, 3.63) is 48.5 Å². The lowest BCUT2D eigenvalue weighted by atomic mass is 10.2. The molecule has 0 aliphatic rings. The molecule has 1 aromatic heterocycles. The van der Waals surface area contributed by atoms with Gasteiger partial charge < -0.3 is 14.6 Å². The van der Waals surface area contributed by atoms with Gasteiger partial charge in [-0.3, -0.25) is 0 Å². The van der Waals surface area contributed by atoms with Crippen molar-refractivity contribution < 1.29 is 4.74 Å². The van der Waals surface area contributed by atoms with E-state index in [0.29, 0.717) is 0 Å². The van der Waals surface area contributed by atoms with E-state index in [0.717, 1.165) is 44.8 Å². The average Bonchev–Trinajstić information content (AvgIpc) is 3.11. The van der Waals surface area contributed by atoms with Crippen molar-refractivity contribution in [2.45, 2.75) is 58.5 Å². The van der Waals surface area contributed by atoms with Gasteiger partial charge in [-0.05, 0) is 37.1 Å². The number of hydrogen-bond acceptors (Lipinski definition) is 3. The monoisotopic (exact) mass is 329 g/mol. The zero-order chi connectivity index (χ0) is 16.9. The Bertz CT molecular complexity index is 540. The lowest BCUT2D eigenvalue weighted by molar-refractivity contribution is 0.304. The largest absolute Gasteiger partial charge is 0.494 e. The van der Waals surface area contributed by atoms with Gasteiger partial charge in [0, 0.05) is 25.5 Å². The van der Waals surface area contributed by atoms with E-state index in [1.807, 2.05) is 18.7 Å². The Kier molecular flexibility index (Phi) is 9.02. The summed E-state index contributed by atoms with van der Waals surface area (Å²) in [5, 5.41) is 3.49. The molecule has 2 rings (SSSR count). The van der Waals surface area contributed by atoms with Crippen LogP contribution in [0.2, 0.25) is 0 Å². The number of aryl methyl sites for hydroxylation is 1. The Morgan fingerprint density at radius 3 is 2.88 bits per heavy atom. The van der Waals surface area contributed by atoms with Gasteiger partial charge in [0.2, 0.25) is 0 Å². The Labute approximate surface area is 146 Å². The van der Waals surface area contributed by atoms with Crippen LogP contribution in [0.25, 0.3) is 0 Å². The molecular weight excluding hydrogens is 298 g/mol. The van der Waals surface area contributed by atoms with Crippen molar-refractivity contribution in [3.63, 3.8) is 0 Å². The minimum Gasteiger partial charge on any atom is -0.494 e. The van der Waals surface area contributed by atoms with Crippen LogP contribution >= 0.6 is 0 Å². The Hall–Kier alpha value is -1.81. The van der Waals surface area contributed by atoms with Crippen molar-refractivity contribution in [1.82, 2.24) is 14.9 Å². The van der Waals surface area contributed by atoms with Crippen molar-refractivity contribution in [2.24, 2.45) is 0 Å². The third kappa shape index (κ3) is 7.64. The zero-order valence-electron chi connectivity index (χ0n) is 14.9. The highest BCUT2D eigenvalue weighted by Gasteiger charge is 1.98. The topological polar surface area (TPSA) is 39.1 Å². The predicted octanol–water partition coefficient (Wildman–Crippen LogP) is 4.41. The molecule has 0 amide bonds. The van der Waals surface area contributed by atoms with Crippen LogP contribution in [0.15, 0.2) is 43.0 Å². The van der Waals surface area contributed by atoms with Gasteiger partial charge in [-0.25, -0.2) is 4.98 Å². The van der Waals surface area contributed by atoms with Crippen LogP contribution in [0.5, 0.6) is 5.75 Å². The third-order valence-electron chi connectivity index (χ3n) is 4.07. The maximum absolute atomic E-state index is 5.87. The van der Waals surface area contributed by atoms with E-state index in [1.54, 1.807) is 0 Å². The van der Waals surface area contributed by atoms with Crippen molar-refractivity contribution in [1.29, 1.82) is 0 Å². The first-order valence-corrected chi connectivity index (χ1v) is 9.26. The van der Waals surface area contributed by atoms with Gasteiger partial charge in [0.25, 0.3) is 0 Å². The average molecular weight is 329 g/mol. The molecular formula is C20H31N3O. The number of nitrogens with zero attached hydrogens (tertiary/aromatic N) is 2. The number of nitrogens with one attached hydrogen (secondary N) is 1.